The summed E-state index contributed by atoms with van der Waals surface area (Å²) < 4.78 is 1.59. The minimum Gasteiger partial charge on any atom is -0.493 e. The van der Waals surface area contributed by atoms with E-state index in [4.69, 9.17) is 0 Å². The fourth-order valence-corrected chi connectivity index (χ4v) is 8.40. The Morgan fingerprint density at radius 3 is 1.06 bits per heavy atom. The zero-order valence-corrected chi connectivity index (χ0v) is 41.6. The fraction of sp³-hybridized carbons (Fsp3) is 0.533. The van der Waals surface area contributed by atoms with Crippen molar-refractivity contribution in [2.75, 3.05) is 0 Å². The van der Waals surface area contributed by atoms with E-state index < -0.39 is 0 Å². The fourth-order valence-electron chi connectivity index (χ4n) is 8.40. The summed E-state index contributed by atoms with van der Waals surface area (Å²) in [6.07, 6.45) is 36.3. The smallest absolute Gasteiger partial charge is 0.493 e. The van der Waals surface area contributed by atoms with Gasteiger partial charge >= 0.3 is 16.5 Å². The molecule has 3 heteroatoms. The monoisotopic (exact) mass is 893 g/mol. The largest absolute Gasteiger partial charge is 2.00 e. The molecule has 0 fully saturated rings. The molecule has 1 aliphatic heterocycles. The average Bonchev–Trinajstić information content (AvgIpc) is 3.65. The van der Waals surface area contributed by atoms with Crippen LogP contribution in [0.4, 0.5) is 0 Å². The van der Waals surface area contributed by atoms with Crippen molar-refractivity contribution in [2.45, 2.75) is 208 Å². The number of hydrogen-bond donors (Lipinski definition) is 0. The molecule has 63 heavy (non-hydrogen) atoms. The average molecular weight is 894 g/mol. The standard InChI is InChI=1S/C48H76N2.2C6H5.Ni/c1-6-11-16-19-22-25-30-42-33-40(28-14-9-4)35-45(36-42)47-39-44(32-27-24-21-18-13-8-3)48(50(47)49)46-37-41(29-15-10-5)34-43(38-46)31-26-23-20-17-12-7-2;2*1-2-4-6-5-3-1;/h33-39H,6-32H2,1-5H3;2*1-5H;/q;2*-1;+2. The van der Waals surface area contributed by atoms with Gasteiger partial charge in [0.1, 0.15) is 0 Å². The van der Waals surface area contributed by atoms with Crippen LogP contribution in [0.15, 0.2) is 109 Å². The van der Waals surface area contributed by atoms with Crippen molar-refractivity contribution in [2.24, 2.45) is 0 Å². The summed E-state index contributed by atoms with van der Waals surface area (Å²) in [5.74, 6) is 0. The van der Waals surface area contributed by atoms with Gasteiger partial charge in [-0.2, -0.15) is 72.8 Å². The van der Waals surface area contributed by atoms with Gasteiger partial charge in [-0.3, -0.25) is 0 Å². The maximum absolute atomic E-state index is 12.2. The molecule has 4 aromatic carbocycles. The van der Waals surface area contributed by atoms with Crippen LogP contribution < -0.4 is 0 Å². The molecule has 0 bridgehead atoms. The van der Waals surface area contributed by atoms with Gasteiger partial charge in [0.05, 0.1) is 0 Å². The Kier molecular flexibility index (Phi) is 32.4. The van der Waals surface area contributed by atoms with Crippen molar-refractivity contribution < 1.29 is 21.2 Å². The van der Waals surface area contributed by atoms with Gasteiger partial charge in [-0.1, -0.05) is 156 Å². The molecule has 1 aliphatic rings. The molecule has 0 N–H and O–H groups in total. The van der Waals surface area contributed by atoms with Gasteiger partial charge in [-0.25, -0.2) is 4.70 Å². The maximum Gasteiger partial charge on any atom is 2.00 e. The van der Waals surface area contributed by atoms with Gasteiger partial charge in [0, 0.05) is 22.8 Å². The van der Waals surface area contributed by atoms with Crippen molar-refractivity contribution in [1.82, 2.24) is 0 Å². The van der Waals surface area contributed by atoms with Crippen molar-refractivity contribution >= 4 is 11.4 Å². The first-order valence-corrected chi connectivity index (χ1v) is 25.6. The number of allylic oxidation sites excluding steroid dienone is 2. The Balaban J connectivity index is 0.000000898. The summed E-state index contributed by atoms with van der Waals surface area (Å²) >= 11 is 0. The predicted octanol–water partition coefficient (Wildman–Crippen LogP) is 18.7. The molecule has 0 saturated heterocycles. The van der Waals surface area contributed by atoms with Crippen LogP contribution >= 0.6 is 0 Å². The minimum atomic E-state index is 0. The molecule has 346 valence electrons. The zero-order valence-electron chi connectivity index (χ0n) is 40.6. The van der Waals surface area contributed by atoms with Crippen molar-refractivity contribution in [3.63, 3.8) is 0 Å². The number of unbranched alkanes of at least 4 members (excludes halogenated alkanes) is 17. The summed E-state index contributed by atoms with van der Waals surface area (Å²) in [6, 6.07) is 39.5. The van der Waals surface area contributed by atoms with Crippen LogP contribution in [0.5, 0.6) is 0 Å². The predicted molar refractivity (Wildman–Crippen MR) is 271 cm³/mol. The number of benzene rings is 4. The second-order valence-electron chi connectivity index (χ2n) is 17.7. The first kappa shape index (κ1) is 55.6. The minimum absolute atomic E-state index is 0. The Bertz CT molecular complexity index is 1700. The Morgan fingerprint density at radius 2 is 0.714 bits per heavy atom. The van der Waals surface area contributed by atoms with Gasteiger partial charge < -0.3 is 5.53 Å². The summed E-state index contributed by atoms with van der Waals surface area (Å²) in [6.45, 7) is 11.5. The molecule has 5 rings (SSSR count). The topological polar surface area (TPSA) is 25.3 Å². The van der Waals surface area contributed by atoms with Crippen LogP contribution in [0.3, 0.4) is 0 Å². The zero-order chi connectivity index (χ0) is 44.3. The SMILES string of the molecule is CCCCCCCCC1=C(c2cc(CCCC)cc(CCCCCCCC)c2)[N+](=[N-])C(c2cc(CCCC)cc(CCCCCCCC)c2)=C1.[Ni+2].[c-]1ccccc1.[c-]1ccccc1. The van der Waals surface area contributed by atoms with Crippen LogP contribution in [0.25, 0.3) is 16.9 Å². The molecule has 0 aromatic heterocycles. The molecule has 0 unspecified atom stereocenters. The second-order valence-corrected chi connectivity index (χ2v) is 17.7. The first-order valence-electron chi connectivity index (χ1n) is 25.6. The van der Waals surface area contributed by atoms with Crippen LogP contribution in [-0.2, 0) is 42.2 Å². The summed E-state index contributed by atoms with van der Waals surface area (Å²) in [5, 5.41) is 0. The van der Waals surface area contributed by atoms with E-state index in [1.807, 2.05) is 60.7 Å². The maximum atomic E-state index is 12.2. The second kappa shape index (κ2) is 36.8. The van der Waals surface area contributed by atoms with Gasteiger partial charge in [0.15, 0.2) is 0 Å². The number of nitrogens with zero attached hydrogens (tertiary/aromatic N) is 2. The van der Waals surface area contributed by atoms with Crippen molar-refractivity contribution in [3.8, 4) is 0 Å². The van der Waals surface area contributed by atoms with Crippen LogP contribution in [-0.4, -0.2) is 4.70 Å². The van der Waals surface area contributed by atoms with E-state index in [0.717, 1.165) is 43.5 Å². The normalized spacial score (nSPS) is 12.0. The van der Waals surface area contributed by atoms with Crippen LogP contribution in [0, 0.1) is 12.1 Å². The summed E-state index contributed by atoms with van der Waals surface area (Å²) in [4.78, 5) is 0. The third-order valence-electron chi connectivity index (χ3n) is 12.0. The van der Waals surface area contributed by atoms with E-state index in [9.17, 15) is 5.53 Å². The number of aryl methyl sites for hydroxylation is 4. The van der Waals surface area contributed by atoms with E-state index in [0.29, 0.717) is 0 Å². The summed E-state index contributed by atoms with van der Waals surface area (Å²) in [7, 11) is 0. The quantitative estimate of drug-likeness (QED) is 0.0225. The number of rotatable bonds is 29. The van der Waals surface area contributed by atoms with Gasteiger partial charge in [0.25, 0.3) is 0 Å². The third-order valence-corrected chi connectivity index (χ3v) is 12.0. The number of hydrogen-bond acceptors (Lipinski definition) is 0. The van der Waals surface area contributed by atoms with Crippen LogP contribution in [0.2, 0.25) is 0 Å². The van der Waals surface area contributed by atoms with E-state index in [1.54, 1.807) is 4.70 Å². The van der Waals surface area contributed by atoms with Crippen molar-refractivity contribution in [1.29, 1.82) is 0 Å². The van der Waals surface area contributed by atoms with E-state index in [1.165, 1.54) is 180 Å². The molecular weight excluding hydrogens is 807 g/mol. The van der Waals surface area contributed by atoms with E-state index in [2.05, 4.69) is 89.2 Å². The first-order chi connectivity index (χ1) is 30.5. The molecule has 0 atom stereocenters. The Morgan fingerprint density at radius 1 is 0.381 bits per heavy atom. The molecule has 0 amide bonds. The van der Waals surface area contributed by atoms with E-state index >= 15 is 0 Å². The molecule has 0 radical (unpaired) electrons. The third kappa shape index (κ3) is 23.8. The van der Waals surface area contributed by atoms with Gasteiger partial charge in [-0.15, -0.1) is 0 Å². The summed E-state index contributed by atoms with van der Waals surface area (Å²) in [5.41, 5.74) is 23.7. The molecule has 0 saturated carbocycles. The van der Waals surface area contributed by atoms with Gasteiger partial charge in [0.2, 0.25) is 11.4 Å². The molecule has 1 heterocycles. The van der Waals surface area contributed by atoms with E-state index in [-0.39, 0.29) is 16.5 Å². The molecule has 0 aliphatic carbocycles. The molecule has 2 nitrogen and oxygen atoms in total. The Hall–Kier alpha value is -3.55. The molecule has 4 aromatic rings. The van der Waals surface area contributed by atoms with Crippen molar-refractivity contribution in [3.05, 3.63) is 160 Å². The molecular formula is C60H86N2Ni. The Labute approximate surface area is 398 Å². The van der Waals surface area contributed by atoms with Crippen LogP contribution in [0.1, 0.15) is 216 Å². The molecule has 0 spiro atoms. The van der Waals surface area contributed by atoms with Gasteiger partial charge in [-0.05, 0) is 111 Å².